The van der Waals surface area contributed by atoms with Crippen LogP contribution in [0.15, 0.2) is 18.3 Å². The quantitative estimate of drug-likeness (QED) is 0.822. The number of nitrogens with one attached hydrogen (secondary N) is 1. The summed E-state index contributed by atoms with van der Waals surface area (Å²) in [7, 11) is 0. The first-order chi connectivity index (χ1) is 10.2. The van der Waals surface area contributed by atoms with E-state index in [0.717, 1.165) is 12.8 Å². The second kappa shape index (κ2) is 5.67. The van der Waals surface area contributed by atoms with E-state index in [-0.39, 0.29) is 23.5 Å². The van der Waals surface area contributed by atoms with Crippen LogP contribution in [0.25, 0.3) is 0 Å². The summed E-state index contributed by atoms with van der Waals surface area (Å²) in [5, 5.41) is 2.78. The van der Waals surface area contributed by atoms with Gasteiger partial charge in [-0.15, -0.1) is 0 Å². The third-order valence-electron chi connectivity index (χ3n) is 4.07. The maximum absolute atomic E-state index is 13.5. The number of pyridine rings is 1. The van der Waals surface area contributed by atoms with E-state index in [1.165, 1.54) is 12.3 Å². The standard InChI is InChI=1S/C14H17FN4O2/c15-12-11(2-1-5-16-12)13(20)18-7-3-10(4-8-18)19-9-6-17-14(19)21/h1-2,5,10H,3-4,6-9H2,(H,17,21). The molecule has 1 aromatic rings. The van der Waals surface area contributed by atoms with Crippen LogP contribution < -0.4 is 5.32 Å². The molecule has 3 heterocycles. The Hall–Kier alpha value is -2.18. The molecule has 2 saturated heterocycles. The van der Waals surface area contributed by atoms with Crippen LogP contribution in [-0.2, 0) is 0 Å². The predicted octanol–water partition coefficient (Wildman–Crippen LogP) is 0.850. The van der Waals surface area contributed by atoms with Crippen molar-refractivity contribution in [1.82, 2.24) is 20.1 Å². The van der Waals surface area contributed by atoms with Gasteiger partial charge < -0.3 is 15.1 Å². The molecule has 0 aromatic carbocycles. The van der Waals surface area contributed by atoms with Crippen molar-refractivity contribution < 1.29 is 14.0 Å². The number of carbonyl (C=O) groups excluding carboxylic acids is 2. The highest BCUT2D eigenvalue weighted by atomic mass is 19.1. The summed E-state index contributed by atoms with van der Waals surface area (Å²) >= 11 is 0. The van der Waals surface area contributed by atoms with E-state index in [2.05, 4.69) is 10.3 Å². The van der Waals surface area contributed by atoms with Gasteiger partial charge in [-0.3, -0.25) is 4.79 Å². The van der Waals surface area contributed by atoms with E-state index in [0.29, 0.717) is 26.2 Å². The summed E-state index contributed by atoms with van der Waals surface area (Å²) in [5.41, 5.74) is 0.00913. The molecule has 3 amide bonds. The molecule has 0 atom stereocenters. The summed E-state index contributed by atoms with van der Waals surface area (Å²) in [6, 6.07) is 3.14. The zero-order valence-corrected chi connectivity index (χ0v) is 11.6. The van der Waals surface area contributed by atoms with E-state index >= 15 is 0 Å². The lowest BCUT2D eigenvalue weighted by Gasteiger charge is -2.36. The van der Waals surface area contributed by atoms with Gasteiger partial charge in [0.25, 0.3) is 5.91 Å². The van der Waals surface area contributed by atoms with Gasteiger partial charge in [-0.1, -0.05) is 0 Å². The molecule has 7 heteroatoms. The number of nitrogens with zero attached hydrogens (tertiary/aromatic N) is 3. The van der Waals surface area contributed by atoms with Crippen molar-refractivity contribution >= 4 is 11.9 Å². The molecule has 0 saturated carbocycles. The molecular weight excluding hydrogens is 275 g/mol. The average molecular weight is 292 g/mol. The molecule has 0 aliphatic carbocycles. The molecule has 0 bridgehead atoms. The summed E-state index contributed by atoms with van der Waals surface area (Å²) < 4.78 is 13.5. The molecular formula is C14H17FN4O2. The molecule has 0 unspecified atom stereocenters. The van der Waals surface area contributed by atoms with E-state index in [4.69, 9.17) is 0 Å². The Balaban J connectivity index is 1.62. The molecule has 2 fully saturated rings. The largest absolute Gasteiger partial charge is 0.338 e. The van der Waals surface area contributed by atoms with Gasteiger partial charge in [0, 0.05) is 38.4 Å². The molecule has 112 valence electrons. The van der Waals surface area contributed by atoms with Gasteiger partial charge in [-0.05, 0) is 25.0 Å². The highest BCUT2D eigenvalue weighted by Gasteiger charge is 2.32. The van der Waals surface area contributed by atoms with Crippen molar-refractivity contribution in [3.05, 3.63) is 29.8 Å². The number of rotatable bonds is 2. The van der Waals surface area contributed by atoms with Gasteiger partial charge in [-0.25, -0.2) is 9.78 Å². The normalized spacial score (nSPS) is 19.8. The first-order valence-corrected chi connectivity index (χ1v) is 7.11. The Morgan fingerprint density at radius 1 is 1.33 bits per heavy atom. The number of likely N-dealkylation sites (tertiary alicyclic amines) is 1. The minimum absolute atomic E-state index is 0.00913. The van der Waals surface area contributed by atoms with Crippen LogP contribution >= 0.6 is 0 Å². The lowest BCUT2D eigenvalue weighted by atomic mass is 10.0. The number of amides is 3. The fraction of sp³-hybridized carbons (Fsp3) is 0.500. The van der Waals surface area contributed by atoms with Crippen molar-refractivity contribution in [2.24, 2.45) is 0 Å². The number of carbonyl (C=O) groups is 2. The fourth-order valence-electron chi connectivity index (χ4n) is 2.93. The lowest BCUT2D eigenvalue weighted by Crippen LogP contribution is -2.47. The van der Waals surface area contributed by atoms with E-state index < -0.39 is 5.95 Å². The Kier molecular flexibility index (Phi) is 3.72. The average Bonchev–Trinajstić information content (AvgIpc) is 2.93. The topological polar surface area (TPSA) is 65.5 Å². The smallest absolute Gasteiger partial charge is 0.317 e. The number of piperidine rings is 1. The third-order valence-corrected chi connectivity index (χ3v) is 4.07. The van der Waals surface area contributed by atoms with Crippen molar-refractivity contribution in [2.45, 2.75) is 18.9 Å². The van der Waals surface area contributed by atoms with Gasteiger partial charge in [0.2, 0.25) is 5.95 Å². The monoisotopic (exact) mass is 292 g/mol. The van der Waals surface area contributed by atoms with Crippen LogP contribution in [0, 0.1) is 5.95 Å². The zero-order chi connectivity index (χ0) is 14.8. The highest BCUT2D eigenvalue weighted by molar-refractivity contribution is 5.94. The Morgan fingerprint density at radius 2 is 2.10 bits per heavy atom. The van der Waals surface area contributed by atoms with E-state index in [1.807, 2.05) is 4.90 Å². The fourth-order valence-corrected chi connectivity index (χ4v) is 2.93. The highest BCUT2D eigenvalue weighted by Crippen LogP contribution is 2.20. The van der Waals surface area contributed by atoms with Crippen LogP contribution in [0.1, 0.15) is 23.2 Å². The van der Waals surface area contributed by atoms with Gasteiger partial charge in [0.05, 0.1) is 5.56 Å². The third kappa shape index (κ3) is 2.68. The number of halogens is 1. The molecule has 2 aliphatic heterocycles. The summed E-state index contributed by atoms with van der Waals surface area (Å²) in [5.74, 6) is -1.06. The lowest BCUT2D eigenvalue weighted by molar-refractivity contribution is 0.0660. The summed E-state index contributed by atoms with van der Waals surface area (Å²) in [6.07, 6.45) is 2.77. The van der Waals surface area contributed by atoms with Crippen molar-refractivity contribution in [2.75, 3.05) is 26.2 Å². The van der Waals surface area contributed by atoms with E-state index in [1.54, 1.807) is 11.0 Å². The molecule has 1 N–H and O–H groups in total. The Bertz CT molecular complexity index is 558. The minimum Gasteiger partial charge on any atom is -0.338 e. The Labute approximate surface area is 121 Å². The minimum atomic E-state index is -0.733. The molecule has 3 rings (SSSR count). The maximum Gasteiger partial charge on any atom is 0.317 e. The zero-order valence-electron chi connectivity index (χ0n) is 11.6. The second-order valence-corrected chi connectivity index (χ2v) is 5.29. The summed E-state index contributed by atoms with van der Waals surface area (Å²) in [4.78, 5) is 30.9. The number of hydrogen-bond donors (Lipinski definition) is 1. The predicted molar refractivity (Wildman–Crippen MR) is 73.2 cm³/mol. The van der Waals surface area contributed by atoms with Gasteiger partial charge in [-0.2, -0.15) is 4.39 Å². The van der Waals surface area contributed by atoms with Crippen LogP contribution in [0.4, 0.5) is 9.18 Å². The number of urea groups is 1. The van der Waals surface area contributed by atoms with Crippen LogP contribution in [-0.4, -0.2) is 58.9 Å². The van der Waals surface area contributed by atoms with E-state index in [9.17, 15) is 14.0 Å². The maximum atomic E-state index is 13.5. The van der Waals surface area contributed by atoms with Gasteiger partial charge >= 0.3 is 6.03 Å². The van der Waals surface area contributed by atoms with Crippen LogP contribution in [0.2, 0.25) is 0 Å². The van der Waals surface area contributed by atoms with Gasteiger partial charge in [0.15, 0.2) is 0 Å². The second-order valence-electron chi connectivity index (χ2n) is 5.29. The summed E-state index contributed by atoms with van der Waals surface area (Å²) in [6.45, 7) is 2.46. The van der Waals surface area contributed by atoms with Crippen molar-refractivity contribution in [1.29, 1.82) is 0 Å². The van der Waals surface area contributed by atoms with Crippen molar-refractivity contribution in [3.63, 3.8) is 0 Å². The molecule has 21 heavy (non-hydrogen) atoms. The number of aromatic nitrogens is 1. The van der Waals surface area contributed by atoms with Crippen LogP contribution in [0.5, 0.6) is 0 Å². The first kappa shape index (κ1) is 13.8. The van der Waals surface area contributed by atoms with Gasteiger partial charge in [0.1, 0.15) is 0 Å². The van der Waals surface area contributed by atoms with Crippen LogP contribution in [0.3, 0.4) is 0 Å². The van der Waals surface area contributed by atoms with Crippen molar-refractivity contribution in [3.8, 4) is 0 Å². The SMILES string of the molecule is O=C(c1cccnc1F)N1CCC(N2CCNC2=O)CC1. The molecule has 6 nitrogen and oxygen atoms in total. The molecule has 0 radical (unpaired) electrons. The number of hydrogen-bond acceptors (Lipinski definition) is 3. The first-order valence-electron chi connectivity index (χ1n) is 7.11. The Morgan fingerprint density at radius 3 is 2.71 bits per heavy atom. The molecule has 2 aliphatic rings. The molecule has 0 spiro atoms. The molecule has 1 aromatic heterocycles.